The molecule has 0 spiro atoms. The van der Waals surface area contributed by atoms with Crippen LogP contribution in [0.3, 0.4) is 0 Å². The Bertz CT molecular complexity index is 545. The van der Waals surface area contributed by atoms with Gasteiger partial charge >= 0.3 is 0 Å². The lowest BCUT2D eigenvalue weighted by atomic mass is 9.76. The van der Waals surface area contributed by atoms with Gasteiger partial charge in [-0.15, -0.1) is 5.10 Å². The number of nitrogens with one attached hydrogen (secondary N) is 1. The van der Waals surface area contributed by atoms with Crippen LogP contribution in [0.15, 0.2) is 30.5 Å². The second-order valence-corrected chi connectivity index (χ2v) is 5.23. The van der Waals surface area contributed by atoms with Crippen LogP contribution in [-0.4, -0.2) is 22.0 Å². The lowest BCUT2D eigenvalue weighted by Crippen LogP contribution is -2.36. The van der Waals surface area contributed by atoms with Crippen LogP contribution >= 0.6 is 0 Å². The predicted molar refractivity (Wildman–Crippen MR) is 72.2 cm³/mol. The van der Waals surface area contributed by atoms with Crippen molar-refractivity contribution in [2.45, 2.75) is 25.3 Å². The van der Waals surface area contributed by atoms with Crippen molar-refractivity contribution in [2.24, 2.45) is 7.05 Å². The van der Waals surface area contributed by atoms with Gasteiger partial charge in [-0.1, -0.05) is 31.2 Å². The molecule has 1 aromatic heterocycles. The summed E-state index contributed by atoms with van der Waals surface area (Å²) in [5.41, 5.74) is 1.85. The molecule has 0 radical (unpaired) electrons. The standard InChI is InChI=1S/C14H19FN4/c1-14(2,10-5-7-11(15)8-6-10)13(16-3)12-9-17-18-19(12)4/h5-9,13,16H,1-4H3. The summed E-state index contributed by atoms with van der Waals surface area (Å²) in [4.78, 5) is 0. The Hall–Kier alpha value is -1.75. The Kier molecular flexibility index (Phi) is 3.66. The first-order chi connectivity index (χ1) is 8.96. The van der Waals surface area contributed by atoms with E-state index in [0.29, 0.717) is 0 Å². The molecule has 1 atom stereocenters. The van der Waals surface area contributed by atoms with Gasteiger partial charge in [0.1, 0.15) is 5.82 Å². The van der Waals surface area contributed by atoms with Crippen LogP contribution < -0.4 is 5.32 Å². The summed E-state index contributed by atoms with van der Waals surface area (Å²) in [6.07, 6.45) is 1.76. The normalized spacial score (nSPS) is 13.5. The number of aryl methyl sites for hydroxylation is 1. The van der Waals surface area contributed by atoms with E-state index >= 15 is 0 Å². The summed E-state index contributed by atoms with van der Waals surface area (Å²) < 4.78 is 14.8. The van der Waals surface area contributed by atoms with Crippen molar-refractivity contribution >= 4 is 0 Å². The van der Waals surface area contributed by atoms with Gasteiger partial charge in [-0.2, -0.15) is 0 Å². The fourth-order valence-electron chi connectivity index (χ4n) is 2.48. The average Bonchev–Trinajstić information content (AvgIpc) is 2.77. The number of hydrogen-bond donors (Lipinski definition) is 1. The zero-order valence-corrected chi connectivity index (χ0v) is 11.7. The van der Waals surface area contributed by atoms with E-state index in [9.17, 15) is 4.39 Å². The van der Waals surface area contributed by atoms with Gasteiger partial charge in [0.2, 0.25) is 0 Å². The van der Waals surface area contributed by atoms with E-state index < -0.39 is 0 Å². The Morgan fingerprint density at radius 3 is 2.37 bits per heavy atom. The Balaban J connectivity index is 2.41. The summed E-state index contributed by atoms with van der Waals surface area (Å²) in [7, 11) is 3.77. The third-order valence-electron chi connectivity index (χ3n) is 3.64. The number of hydrogen-bond acceptors (Lipinski definition) is 3. The Morgan fingerprint density at radius 2 is 1.89 bits per heavy atom. The Labute approximate surface area is 112 Å². The van der Waals surface area contributed by atoms with Gasteiger partial charge in [0.05, 0.1) is 17.9 Å². The molecule has 0 fully saturated rings. The molecule has 102 valence electrons. The lowest BCUT2D eigenvalue weighted by Gasteiger charge is -2.34. The monoisotopic (exact) mass is 262 g/mol. The zero-order valence-electron chi connectivity index (χ0n) is 11.7. The highest BCUT2D eigenvalue weighted by molar-refractivity contribution is 5.29. The summed E-state index contributed by atoms with van der Waals surface area (Å²) in [5, 5.41) is 11.2. The van der Waals surface area contributed by atoms with Crippen LogP contribution in [0.2, 0.25) is 0 Å². The molecule has 0 saturated carbocycles. The van der Waals surface area contributed by atoms with Crippen LogP contribution in [0.4, 0.5) is 4.39 Å². The molecule has 0 aliphatic rings. The number of aromatic nitrogens is 3. The highest BCUT2D eigenvalue weighted by Gasteiger charge is 2.33. The molecule has 0 aliphatic heterocycles. The van der Waals surface area contributed by atoms with Crippen LogP contribution in [-0.2, 0) is 12.5 Å². The number of rotatable bonds is 4. The molecule has 5 heteroatoms. The van der Waals surface area contributed by atoms with Crippen LogP contribution in [0.25, 0.3) is 0 Å². The maximum Gasteiger partial charge on any atom is 0.123 e. The number of nitrogens with zero attached hydrogens (tertiary/aromatic N) is 3. The summed E-state index contributed by atoms with van der Waals surface area (Å²) in [6.45, 7) is 4.24. The third kappa shape index (κ3) is 2.51. The molecule has 1 heterocycles. The molecule has 1 aromatic carbocycles. The van der Waals surface area contributed by atoms with E-state index in [1.165, 1.54) is 12.1 Å². The first-order valence-corrected chi connectivity index (χ1v) is 6.24. The molecule has 2 rings (SSSR count). The minimum Gasteiger partial charge on any atom is -0.311 e. The third-order valence-corrected chi connectivity index (χ3v) is 3.64. The quantitative estimate of drug-likeness (QED) is 0.918. The largest absolute Gasteiger partial charge is 0.311 e. The van der Waals surface area contributed by atoms with Crippen LogP contribution in [0.5, 0.6) is 0 Å². The molecule has 0 amide bonds. The van der Waals surface area contributed by atoms with E-state index in [2.05, 4.69) is 29.5 Å². The SMILES string of the molecule is CNC(c1cnnn1C)C(C)(C)c1ccc(F)cc1. The number of halogens is 1. The van der Waals surface area contributed by atoms with Crippen molar-refractivity contribution in [3.63, 3.8) is 0 Å². The van der Waals surface area contributed by atoms with Gasteiger partial charge in [-0.05, 0) is 24.7 Å². The molecule has 0 bridgehead atoms. The molecule has 1 N–H and O–H groups in total. The van der Waals surface area contributed by atoms with Crippen molar-refractivity contribution < 1.29 is 4.39 Å². The highest BCUT2D eigenvalue weighted by atomic mass is 19.1. The van der Waals surface area contributed by atoms with Crippen molar-refractivity contribution in [1.29, 1.82) is 0 Å². The molecule has 1 unspecified atom stereocenters. The first kappa shape index (κ1) is 13.7. The van der Waals surface area contributed by atoms with Crippen molar-refractivity contribution in [2.75, 3.05) is 7.05 Å². The van der Waals surface area contributed by atoms with E-state index in [0.717, 1.165) is 11.3 Å². The van der Waals surface area contributed by atoms with Crippen LogP contribution in [0, 0.1) is 5.82 Å². The highest BCUT2D eigenvalue weighted by Crippen LogP contribution is 2.36. The van der Waals surface area contributed by atoms with Gasteiger partial charge in [-0.25, -0.2) is 4.39 Å². The molecule has 0 saturated heterocycles. The first-order valence-electron chi connectivity index (χ1n) is 6.24. The van der Waals surface area contributed by atoms with E-state index in [-0.39, 0.29) is 17.3 Å². The second kappa shape index (κ2) is 5.09. The average molecular weight is 262 g/mol. The summed E-state index contributed by atoms with van der Waals surface area (Å²) in [5.74, 6) is -0.220. The van der Waals surface area contributed by atoms with Crippen molar-refractivity contribution in [3.8, 4) is 0 Å². The maximum atomic E-state index is 13.1. The topological polar surface area (TPSA) is 42.7 Å². The zero-order chi connectivity index (χ0) is 14.0. The molecular weight excluding hydrogens is 243 g/mol. The molecule has 4 nitrogen and oxygen atoms in total. The summed E-state index contributed by atoms with van der Waals surface area (Å²) >= 11 is 0. The van der Waals surface area contributed by atoms with Crippen molar-refractivity contribution in [1.82, 2.24) is 20.3 Å². The van der Waals surface area contributed by atoms with Gasteiger partial charge in [0, 0.05) is 12.5 Å². The number of benzene rings is 1. The van der Waals surface area contributed by atoms with E-state index in [1.807, 2.05) is 26.2 Å². The van der Waals surface area contributed by atoms with Crippen molar-refractivity contribution in [3.05, 3.63) is 47.5 Å². The maximum absolute atomic E-state index is 13.1. The fraction of sp³-hybridized carbons (Fsp3) is 0.429. The van der Waals surface area contributed by atoms with Crippen LogP contribution in [0.1, 0.15) is 31.1 Å². The molecule has 19 heavy (non-hydrogen) atoms. The van der Waals surface area contributed by atoms with E-state index in [4.69, 9.17) is 0 Å². The smallest absolute Gasteiger partial charge is 0.123 e. The van der Waals surface area contributed by atoms with Gasteiger partial charge in [0.25, 0.3) is 0 Å². The minimum atomic E-state index is -0.220. The molecule has 2 aromatic rings. The van der Waals surface area contributed by atoms with Gasteiger partial charge in [0.15, 0.2) is 0 Å². The van der Waals surface area contributed by atoms with Gasteiger partial charge < -0.3 is 5.32 Å². The molecule has 0 aliphatic carbocycles. The number of likely N-dealkylation sites (N-methyl/N-ethyl adjacent to an activating group) is 1. The van der Waals surface area contributed by atoms with E-state index in [1.54, 1.807) is 10.9 Å². The lowest BCUT2D eigenvalue weighted by molar-refractivity contribution is 0.350. The fourth-order valence-corrected chi connectivity index (χ4v) is 2.48. The second-order valence-electron chi connectivity index (χ2n) is 5.23. The predicted octanol–water partition coefficient (Wildman–Crippen LogP) is 2.19. The summed E-state index contributed by atoms with van der Waals surface area (Å²) in [6, 6.07) is 6.67. The van der Waals surface area contributed by atoms with Gasteiger partial charge in [-0.3, -0.25) is 4.68 Å². The Morgan fingerprint density at radius 1 is 1.26 bits per heavy atom. The minimum absolute atomic E-state index is 0.0398. The molecular formula is C14H19FN4.